The van der Waals surface area contributed by atoms with Crippen LogP contribution >= 0.6 is 22.9 Å². The smallest absolute Gasteiger partial charge is 0.257 e. The van der Waals surface area contributed by atoms with Crippen LogP contribution in [-0.4, -0.2) is 16.1 Å². The third-order valence-electron chi connectivity index (χ3n) is 2.14. The summed E-state index contributed by atoms with van der Waals surface area (Å²) in [6, 6.07) is 6.49. The Morgan fingerprint density at radius 3 is 2.89 bits per heavy atom. The number of hydrogen-bond donors (Lipinski definition) is 2. The molecule has 5 nitrogen and oxygen atoms in total. The third kappa shape index (κ3) is 3.04. The topological polar surface area (TPSA) is 80.9 Å². The van der Waals surface area contributed by atoms with E-state index in [2.05, 4.69) is 15.5 Å². The van der Waals surface area contributed by atoms with E-state index in [1.54, 1.807) is 24.3 Å². The molecule has 94 valence electrons. The molecule has 1 unspecified atom stereocenters. The number of carbonyl (C=O) groups excluding carboxylic acids is 1. The quantitative estimate of drug-likeness (QED) is 0.906. The summed E-state index contributed by atoms with van der Waals surface area (Å²) in [5.74, 6) is -0.273. The first-order valence-electron chi connectivity index (χ1n) is 5.22. The van der Waals surface area contributed by atoms with Gasteiger partial charge in [-0.05, 0) is 25.1 Å². The molecule has 0 radical (unpaired) electrons. The van der Waals surface area contributed by atoms with Gasteiger partial charge in [-0.3, -0.25) is 10.1 Å². The van der Waals surface area contributed by atoms with Gasteiger partial charge in [0.05, 0.1) is 6.04 Å². The Balaban J connectivity index is 2.11. The van der Waals surface area contributed by atoms with Crippen LogP contribution in [0.15, 0.2) is 24.3 Å². The van der Waals surface area contributed by atoms with E-state index in [1.807, 2.05) is 6.92 Å². The van der Waals surface area contributed by atoms with Gasteiger partial charge in [0, 0.05) is 10.6 Å². The summed E-state index contributed by atoms with van der Waals surface area (Å²) in [7, 11) is 0. The molecule has 1 atom stereocenters. The van der Waals surface area contributed by atoms with Crippen LogP contribution in [0.2, 0.25) is 5.02 Å². The number of nitrogens with two attached hydrogens (primary N) is 1. The number of nitrogens with one attached hydrogen (secondary N) is 1. The Bertz CT molecular complexity index is 570. The molecule has 2 rings (SSSR count). The standard InChI is InChI=1S/C11H11ClN4OS/c1-6(13)10-15-16-11(18-10)14-9(17)7-3-2-4-8(12)5-7/h2-6H,13H2,1H3,(H,14,16,17). The van der Waals surface area contributed by atoms with Crippen molar-refractivity contribution in [3.63, 3.8) is 0 Å². The lowest BCUT2D eigenvalue weighted by molar-refractivity contribution is 0.102. The molecule has 1 amide bonds. The molecule has 0 aliphatic heterocycles. The lowest BCUT2D eigenvalue weighted by Crippen LogP contribution is -2.11. The molecule has 2 aromatic rings. The number of nitrogens with zero attached hydrogens (tertiary/aromatic N) is 2. The van der Waals surface area contributed by atoms with Gasteiger partial charge < -0.3 is 5.73 Å². The Labute approximate surface area is 113 Å². The zero-order valence-corrected chi connectivity index (χ0v) is 11.1. The van der Waals surface area contributed by atoms with E-state index < -0.39 is 0 Å². The van der Waals surface area contributed by atoms with Crippen LogP contribution in [0.3, 0.4) is 0 Å². The van der Waals surface area contributed by atoms with Gasteiger partial charge in [-0.1, -0.05) is 29.0 Å². The van der Waals surface area contributed by atoms with Crippen molar-refractivity contribution in [2.24, 2.45) is 5.73 Å². The molecule has 0 fully saturated rings. The molecule has 0 aliphatic carbocycles. The second-order valence-electron chi connectivity index (χ2n) is 3.70. The zero-order chi connectivity index (χ0) is 13.1. The number of carbonyl (C=O) groups is 1. The number of rotatable bonds is 3. The second-order valence-corrected chi connectivity index (χ2v) is 5.14. The molecule has 0 saturated carbocycles. The van der Waals surface area contributed by atoms with Crippen molar-refractivity contribution < 1.29 is 4.79 Å². The Morgan fingerprint density at radius 2 is 2.28 bits per heavy atom. The first-order valence-corrected chi connectivity index (χ1v) is 6.41. The number of amides is 1. The van der Waals surface area contributed by atoms with Gasteiger partial charge in [0.15, 0.2) is 0 Å². The van der Waals surface area contributed by atoms with Crippen molar-refractivity contribution in [2.75, 3.05) is 5.32 Å². The molecule has 1 aromatic carbocycles. The van der Waals surface area contributed by atoms with Gasteiger partial charge >= 0.3 is 0 Å². The van der Waals surface area contributed by atoms with Crippen molar-refractivity contribution in [1.82, 2.24) is 10.2 Å². The zero-order valence-electron chi connectivity index (χ0n) is 9.55. The predicted molar refractivity (Wildman–Crippen MR) is 71.9 cm³/mol. The van der Waals surface area contributed by atoms with Crippen LogP contribution < -0.4 is 11.1 Å². The predicted octanol–water partition coefficient (Wildman–Crippen LogP) is 2.46. The average molecular weight is 283 g/mol. The first-order chi connectivity index (χ1) is 8.56. The molecule has 0 bridgehead atoms. The number of benzene rings is 1. The van der Waals surface area contributed by atoms with Crippen LogP contribution in [0, 0.1) is 0 Å². The molecule has 3 N–H and O–H groups in total. The van der Waals surface area contributed by atoms with Gasteiger partial charge in [-0.15, -0.1) is 10.2 Å². The summed E-state index contributed by atoms with van der Waals surface area (Å²) in [4.78, 5) is 11.9. The van der Waals surface area contributed by atoms with E-state index in [0.717, 1.165) is 0 Å². The van der Waals surface area contributed by atoms with Gasteiger partial charge in [-0.2, -0.15) is 0 Å². The normalized spacial score (nSPS) is 12.2. The monoisotopic (exact) mass is 282 g/mol. The van der Waals surface area contributed by atoms with Crippen molar-refractivity contribution >= 4 is 34.0 Å². The third-order valence-corrected chi connectivity index (χ3v) is 3.41. The summed E-state index contributed by atoms with van der Waals surface area (Å²) < 4.78 is 0. The molecule has 7 heteroatoms. The fraction of sp³-hybridized carbons (Fsp3) is 0.182. The fourth-order valence-electron chi connectivity index (χ4n) is 1.27. The van der Waals surface area contributed by atoms with Crippen LogP contribution in [0.4, 0.5) is 5.13 Å². The summed E-state index contributed by atoms with van der Waals surface area (Å²) in [6.45, 7) is 1.81. The summed E-state index contributed by atoms with van der Waals surface area (Å²) in [5.41, 5.74) is 6.14. The molecular weight excluding hydrogens is 272 g/mol. The molecular formula is C11H11ClN4OS. The lowest BCUT2D eigenvalue weighted by Gasteiger charge is -2.01. The molecule has 1 heterocycles. The maximum absolute atomic E-state index is 11.9. The minimum absolute atomic E-state index is 0.195. The fourth-order valence-corrected chi connectivity index (χ4v) is 2.15. The Hall–Kier alpha value is -1.50. The number of halogens is 1. The van der Waals surface area contributed by atoms with Crippen LogP contribution in [0.1, 0.15) is 28.3 Å². The molecule has 18 heavy (non-hydrogen) atoms. The number of aromatic nitrogens is 2. The van der Waals surface area contributed by atoms with Crippen LogP contribution in [0.5, 0.6) is 0 Å². The van der Waals surface area contributed by atoms with Crippen molar-refractivity contribution in [3.05, 3.63) is 39.9 Å². The highest BCUT2D eigenvalue weighted by atomic mass is 35.5. The van der Waals surface area contributed by atoms with E-state index in [-0.39, 0.29) is 11.9 Å². The van der Waals surface area contributed by atoms with Crippen LogP contribution in [-0.2, 0) is 0 Å². The molecule has 0 aliphatic rings. The molecule has 0 saturated heterocycles. The van der Waals surface area contributed by atoms with Gasteiger partial charge in [0.1, 0.15) is 5.01 Å². The average Bonchev–Trinajstić information content (AvgIpc) is 2.77. The number of hydrogen-bond acceptors (Lipinski definition) is 5. The highest BCUT2D eigenvalue weighted by molar-refractivity contribution is 7.15. The Kier molecular flexibility index (Phi) is 3.90. The summed E-state index contributed by atoms with van der Waals surface area (Å²) in [6.07, 6.45) is 0. The maximum Gasteiger partial charge on any atom is 0.257 e. The van der Waals surface area contributed by atoms with Crippen LogP contribution in [0.25, 0.3) is 0 Å². The lowest BCUT2D eigenvalue weighted by atomic mass is 10.2. The largest absolute Gasteiger partial charge is 0.322 e. The van der Waals surface area contributed by atoms with E-state index in [4.69, 9.17) is 17.3 Å². The first kappa shape index (κ1) is 12.9. The van der Waals surface area contributed by atoms with Gasteiger partial charge in [-0.25, -0.2) is 0 Å². The second kappa shape index (κ2) is 5.43. The summed E-state index contributed by atoms with van der Waals surface area (Å²) >= 11 is 7.07. The van der Waals surface area contributed by atoms with E-state index in [0.29, 0.717) is 20.7 Å². The van der Waals surface area contributed by atoms with E-state index >= 15 is 0 Å². The summed E-state index contributed by atoms with van der Waals surface area (Å²) in [5, 5.41) is 12.0. The minimum atomic E-state index is -0.273. The van der Waals surface area contributed by atoms with Gasteiger partial charge in [0.25, 0.3) is 5.91 Å². The van der Waals surface area contributed by atoms with Crippen molar-refractivity contribution in [2.45, 2.75) is 13.0 Å². The van der Waals surface area contributed by atoms with Crippen molar-refractivity contribution in [1.29, 1.82) is 0 Å². The minimum Gasteiger partial charge on any atom is -0.322 e. The molecule has 0 spiro atoms. The van der Waals surface area contributed by atoms with Crippen molar-refractivity contribution in [3.8, 4) is 0 Å². The highest BCUT2D eigenvalue weighted by Gasteiger charge is 2.12. The van der Waals surface area contributed by atoms with E-state index in [1.165, 1.54) is 11.3 Å². The SMILES string of the molecule is CC(N)c1nnc(NC(=O)c2cccc(Cl)c2)s1. The molecule has 1 aromatic heterocycles. The Morgan fingerprint density at radius 1 is 1.50 bits per heavy atom. The highest BCUT2D eigenvalue weighted by Crippen LogP contribution is 2.20. The maximum atomic E-state index is 11.9. The van der Waals surface area contributed by atoms with Gasteiger partial charge in [0.2, 0.25) is 5.13 Å². The van der Waals surface area contributed by atoms with E-state index in [9.17, 15) is 4.79 Å². The number of anilines is 1.